The summed E-state index contributed by atoms with van der Waals surface area (Å²) in [5, 5.41) is 0.146. The molecule has 0 aromatic carbocycles. The zero-order valence-corrected chi connectivity index (χ0v) is 12.1. The molecule has 1 heterocycles. The van der Waals surface area contributed by atoms with Gasteiger partial charge >= 0.3 is 0 Å². The van der Waals surface area contributed by atoms with Crippen LogP contribution in [0.1, 0.15) is 39.0 Å². The highest BCUT2D eigenvalue weighted by Crippen LogP contribution is 2.35. The molecule has 0 atom stereocenters. The fourth-order valence-corrected chi connectivity index (χ4v) is 4.77. The molecule has 0 amide bonds. The molecule has 1 fully saturated rings. The number of aromatic amines is 1. The van der Waals surface area contributed by atoms with Crippen molar-refractivity contribution in [3.8, 4) is 0 Å². The van der Waals surface area contributed by atoms with Crippen LogP contribution in [0.15, 0.2) is 17.6 Å². The minimum Gasteiger partial charge on any atom is -0.335 e. The van der Waals surface area contributed by atoms with Gasteiger partial charge < -0.3 is 10.7 Å². The average molecular weight is 286 g/mol. The van der Waals surface area contributed by atoms with E-state index in [9.17, 15) is 8.42 Å². The van der Waals surface area contributed by atoms with E-state index in [1.165, 1.54) is 12.5 Å². The highest BCUT2D eigenvalue weighted by molar-refractivity contribution is 7.89. The number of H-pyrrole nitrogens is 1. The van der Waals surface area contributed by atoms with Crippen LogP contribution in [0.2, 0.25) is 0 Å². The molecule has 0 unspecified atom stereocenters. The largest absolute Gasteiger partial charge is 0.335 e. The molecule has 1 aliphatic rings. The summed E-state index contributed by atoms with van der Waals surface area (Å²) in [5.74, 6) is 0. The summed E-state index contributed by atoms with van der Waals surface area (Å²) in [6.45, 7) is 2.66. The lowest BCUT2D eigenvalue weighted by Gasteiger charge is -2.44. The Bertz CT molecular complexity index is 492. The highest BCUT2D eigenvalue weighted by Gasteiger charge is 2.43. The molecule has 0 saturated heterocycles. The van der Waals surface area contributed by atoms with Gasteiger partial charge in [0, 0.05) is 18.6 Å². The van der Waals surface area contributed by atoms with E-state index in [0.29, 0.717) is 13.1 Å². The topological polar surface area (TPSA) is 92.1 Å². The van der Waals surface area contributed by atoms with Crippen LogP contribution < -0.4 is 5.73 Å². The summed E-state index contributed by atoms with van der Waals surface area (Å²) in [7, 11) is -3.54. The van der Waals surface area contributed by atoms with Crippen molar-refractivity contribution in [2.75, 3.05) is 13.1 Å². The molecule has 6 nitrogen and oxygen atoms in total. The first-order valence-electron chi connectivity index (χ1n) is 6.78. The van der Waals surface area contributed by atoms with E-state index in [2.05, 4.69) is 9.97 Å². The van der Waals surface area contributed by atoms with Crippen molar-refractivity contribution in [2.24, 2.45) is 5.73 Å². The Kier molecular flexibility index (Phi) is 4.27. The standard InChI is InChI=1S/C12H22N4O2S/c1-2-16(12(9-13)6-4-3-5-7-12)19(17,18)11-8-14-10-15-11/h8,10H,2-7,9,13H2,1H3,(H,14,15). The predicted octanol–water partition coefficient (Wildman–Crippen LogP) is 1.08. The van der Waals surface area contributed by atoms with Crippen LogP contribution in [0.5, 0.6) is 0 Å². The molecule has 1 aromatic rings. The molecule has 1 aromatic heterocycles. The van der Waals surface area contributed by atoms with E-state index < -0.39 is 15.6 Å². The molecule has 2 rings (SSSR count). The second kappa shape index (κ2) is 5.60. The Hall–Kier alpha value is -0.920. The zero-order valence-electron chi connectivity index (χ0n) is 11.3. The van der Waals surface area contributed by atoms with Gasteiger partial charge in [-0.15, -0.1) is 0 Å². The van der Waals surface area contributed by atoms with E-state index in [1.54, 1.807) is 4.31 Å². The van der Waals surface area contributed by atoms with Gasteiger partial charge in [0.25, 0.3) is 10.0 Å². The lowest BCUT2D eigenvalue weighted by atomic mass is 9.81. The van der Waals surface area contributed by atoms with Gasteiger partial charge in [-0.1, -0.05) is 26.2 Å². The van der Waals surface area contributed by atoms with Gasteiger partial charge in [0.1, 0.15) is 0 Å². The molecule has 0 aliphatic heterocycles. The van der Waals surface area contributed by atoms with Crippen LogP contribution in [0.4, 0.5) is 0 Å². The van der Waals surface area contributed by atoms with Gasteiger partial charge in [0.15, 0.2) is 5.03 Å². The van der Waals surface area contributed by atoms with Crippen molar-refractivity contribution in [1.82, 2.24) is 14.3 Å². The number of nitrogens with zero attached hydrogens (tertiary/aromatic N) is 2. The first-order chi connectivity index (χ1) is 9.07. The van der Waals surface area contributed by atoms with E-state index in [1.807, 2.05) is 6.92 Å². The molecule has 0 spiro atoms. The van der Waals surface area contributed by atoms with Crippen molar-refractivity contribution in [3.63, 3.8) is 0 Å². The van der Waals surface area contributed by atoms with Crippen LogP contribution in [-0.4, -0.2) is 41.3 Å². The Morgan fingerprint density at radius 2 is 2.11 bits per heavy atom. The van der Waals surface area contributed by atoms with Crippen LogP contribution in [0, 0.1) is 0 Å². The number of nitrogens with one attached hydrogen (secondary N) is 1. The molecule has 0 bridgehead atoms. The molecular weight excluding hydrogens is 264 g/mol. The fourth-order valence-electron chi connectivity index (χ4n) is 3.03. The lowest BCUT2D eigenvalue weighted by Crippen LogP contribution is -2.57. The third-order valence-electron chi connectivity index (χ3n) is 4.02. The van der Waals surface area contributed by atoms with E-state index in [4.69, 9.17) is 5.73 Å². The SMILES string of the molecule is CCN(C1(CN)CCCCC1)S(=O)(=O)c1cnc[nH]1. The summed E-state index contributed by atoms with van der Waals surface area (Å²) >= 11 is 0. The Balaban J connectivity index is 2.38. The number of sulfonamides is 1. The first kappa shape index (κ1) is 14.5. The van der Waals surface area contributed by atoms with Crippen LogP contribution in [0.25, 0.3) is 0 Å². The lowest BCUT2D eigenvalue weighted by molar-refractivity contribution is 0.140. The number of rotatable bonds is 5. The maximum Gasteiger partial charge on any atom is 0.260 e. The van der Waals surface area contributed by atoms with E-state index >= 15 is 0 Å². The number of hydrogen-bond acceptors (Lipinski definition) is 4. The van der Waals surface area contributed by atoms with Crippen LogP contribution in [0.3, 0.4) is 0 Å². The average Bonchev–Trinajstić information content (AvgIpc) is 2.95. The molecule has 19 heavy (non-hydrogen) atoms. The van der Waals surface area contributed by atoms with E-state index in [0.717, 1.165) is 32.1 Å². The zero-order chi connectivity index (χ0) is 13.9. The van der Waals surface area contributed by atoms with Crippen molar-refractivity contribution in [1.29, 1.82) is 0 Å². The molecule has 0 radical (unpaired) electrons. The molecule has 1 aliphatic carbocycles. The molecule has 3 N–H and O–H groups in total. The maximum atomic E-state index is 12.7. The molecule has 1 saturated carbocycles. The molecular formula is C12H22N4O2S. The van der Waals surface area contributed by atoms with Crippen molar-refractivity contribution in [2.45, 2.75) is 49.6 Å². The summed E-state index contributed by atoms with van der Waals surface area (Å²) in [5.41, 5.74) is 5.50. The normalized spacial score (nSPS) is 19.7. The van der Waals surface area contributed by atoms with Crippen LogP contribution in [-0.2, 0) is 10.0 Å². The van der Waals surface area contributed by atoms with Gasteiger partial charge in [0.05, 0.1) is 12.5 Å². The number of hydrogen-bond donors (Lipinski definition) is 2. The number of likely N-dealkylation sites (N-methyl/N-ethyl adjacent to an activating group) is 1. The minimum atomic E-state index is -3.54. The Morgan fingerprint density at radius 3 is 2.58 bits per heavy atom. The van der Waals surface area contributed by atoms with Gasteiger partial charge in [0.2, 0.25) is 0 Å². The van der Waals surface area contributed by atoms with Gasteiger partial charge in [-0.25, -0.2) is 13.4 Å². The summed E-state index contributed by atoms with van der Waals surface area (Å²) in [6.07, 6.45) is 7.64. The Morgan fingerprint density at radius 1 is 1.42 bits per heavy atom. The summed E-state index contributed by atoms with van der Waals surface area (Å²) in [6, 6.07) is 0. The summed E-state index contributed by atoms with van der Waals surface area (Å²) in [4.78, 5) is 6.50. The predicted molar refractivity (Wildman–Crippen MR) is 73.0 cm³/mol. The third kappa shape index (κ3) is 2.54. The monoisotopic (exact) mass is 286 g/mol. The highest BCUT2D eigenvalue weighted by atomic mass is 32.2. The van der Waals surface area contributed by atoms with Crippen molar-refractivity contribution in [3.05, 3.63) is 12.5 Å². The van der Waals surface area contributed by atoms with Gasteiger partial charge in [-0.05, 0) is 12.8 Å². The molecule has 108 valence electrons. The number of nitrogens with two attached hydrogens (primary N) is 1. The van der Waals surface area contributed by atoms with Crippen molar-refractivity contribution < 1.29 is 8.42 Å². The van der Waals surface area contributed by atoms with Gasteiger partial charge in [-0.2, -0.15) is 4.31 Å². The second-order valence-electron chi connectivity index (χ2n) is 5.07. The van der Waals surface area contributed by atoms with Crippen molar-refractivity contribution >= 4 is 10.0 Å². The number of aromatic nitrogens is 2. The quantitative estimate of drug-likeness (QED) is 0.847. The third-order valence-corrected chi connectivity index (χ3v) is 6.03. The smallest absolute Gasteiger partial charge is 0.260 e. The molecule has 7 heteroatoms. The first-order valence-corrected chi connectivity index (χ1v) is 8.22. The van der Waals surface area contributed by atoms with Gasteiger partial charge in [-0.3, -0.25) is 0 Å². The van der Waals surface area contributed by atoms with Crippen LogP contribution >= 0.6 is 0 Å². The number of imidazole rings is 1. The van der Waals surface area contributed by atoms with E-state index in [-0.39, 0.29) is 5.03 Å². The Labute approximate surface area is 114 Å². The second-order valence-corrected chi connectivity index (χ2v) is 6.91. The minimum absolute atomic E-state index is 0.146. The summed E-state index contributed by atoms with van der Waals surface area (Å²) < 4.78 is 26.9. The maximum absolute atomic E-state index is 12.7. The fraction of sp³-hybridized carbons (Fsp3) is 0.750.